The van der Waals surface area contributed by atoms with Crippen molar-refractivity contribution in [1.82, 2.24) is 5.32 Å². The van der Waals surface area contributed by atoms with Gasteiger partial charge in [-0.15, -0.1) is 11.3 Å². The van der Waals surface area contributed by atoms with E-state index in [1.165, 1.54) is 17.7 Å². The lowest BCUT2D eigenvalue weighted by molar-refractivity contribution is 0.0324. The van der Waals surface area contributed by atoms with Gasteiger partial charge in [0.25, 0.3) is 0 Å². The summed E-state index contributed by atoms with van der Waals surface area (Å²) < 4.78 is 6.57. The third-order valence-corrected chi connectivity index (χ3v) is 4.64. The largest absolute Gasteiger partial charge is 0.389 e. The van der Waals surface area contributed by atoms with Gasteiger partial charge in [0.15, 0.2) is 0 Å². The standard InChI is InChI=1S/C12H18BrNO2S/c13-11-3-4-17-12(11)6-14-5-10(15)8-16-7-9-1-2-9/h3-4,9-10,14-15H,1-2,5-8H2. The van der Waals surface area contributed by atoms with Crippen LogP contribution in [0.2, 0.25) is 0 Å². The number of thiophene rings is 1. The van der Waals surface area contributed by atoms with Crippen molar-refractivity contribution >= 4 is 27.3 Å². The molecule has 1 saturated carbocycles. The van der Waals surface area contributed by atoms with Gasteiger partial charge >= 0.3 is 0 Å². The molecule has 1 aromatic rings. The fourth-order valence-corrected chi connectivity index (χ4v) is 2.98. The second-order valence-electron chi connectivity index (χ2n) is 4.46. The molecule has 1 fully saturated rings. The van der Waals surface area contributed by atoms with E-state index in [9.17, 15) is 5.11 Å². The number of hydrogen-bond acceptors (Lipinski definition) is 4. The van der Waals surface area contributed by atoms with E-state index >= 15 is 0 Å². The second-order valence-corrected chi connectivity index (χ2v) is 6.31. The highest BCUT2D eigenvalue weighted by atomic mass is 79.9. The van der Waals surface area contributed by atoms with Gasteiger partial charge in [-0.2, -0.15) is 0 Å². The summed E-state index contributed by atoms with van der Waals surface area (Å²) in [5.41, 5.74) is 0. The number of halogens is 1. The third-order valence-electron chi connectivity index (χ3n) is 2.72. The van der Waals surface area contributed by atoms with Crippen LogP contribution >= 0.6 is 27.3 Å². The Balaban J connectivity index is 1.53. The summed E-state index contributed by atoms with van der Waals surface area (Å²) in [4.78, 5) is 1.26. The molecule has 1 aliphatic rings. The van der Waals surface area contributed by atoms with E-state index in [0.29, 0.717) is 13.2 Å². The highest BCUT2D eigenvalue weighted by Crippen LogP contribution is 2.28. The molecular formula is C12H18BrNO2S. The maximum absolute atomic E-state index is 9.68. The number of ether oxygens (including phenoxy) is 1. The van der Waals surface area contributed by atoms with Gasteiger partial charge in [0.1, 0.15) is 0 Å². The zero-order valence-corrected chi connectivity index (χ0v) is 12.1. The fourth-order valence-electron chi connectivity index (χ4n) is 1.52. The first kappa shape index (κ1) is 13.5. The smallest absolute Gasteiger partial charge is 0.0897 e. The van der Waals surface area contributed by atoms with Crippen LogP contribution in [0.1, 0.15) is 17.7 Å². The van der Waals surface area contributed by atoms with Crippen LogP contribution < -0.4 is 5.32 Å². The van der Waals surface area contributed by atoms with Crippen molar-refractivity contribution in [3.8, 4) is 0 Å². The third kappa shape index (κ3) is 5.06. The summed E-state index contributed by atoms with van der Waals surface area (Å²) in [6.45, 7) is 2.62. The first-order valence-corrected chi connectivity index (χ1v) is 7.61. The maximum Gasteiger partial charge on any atom is 0.0897 e. The number of aliphatic hydroxyl groups excluding tert-OH is 1. The van der Waals surface area contributed by atoms with E-state index in [4.69, 9.17) is 4.74 Å². The number of hydrogen-bond donors (Lipinski definition) is 2. The van der Waals surface area contributed by atoms with Crippen LogP contribution in [0.25, 0.3) is 0 Å². The lowest BCUT2D eigenvalue weighted by Crippen LogP contribution is -2.30. The molecule has 3 nitrogen and oxygen atoms in total. The number of aliphatic hydroxyl groups is 1. The summed E-state index contributed by atoms with van der Waals surface area (Å²) in [6, 6.07) is 2.04. The molecule has 2 N–H and O–H groups in total. The van der Waals surface area contributed by atoms with E-state index in [1.54, 1.807) is 11.3 Å². The van der Waals surface area contributed by atoms with Gasteiger partial charge in [0.05, 0.1) is 12.7 Å². The van der Waals surface area contributed by atoms with E-state index in [2.05, 4.69) is 26.6 Å². The molecule has 17 heavy (non-hydrogen) atoms. The minimum Gasteiger partial charge on any atom is -0.389 e. The van der Waals surface area contributed by atoms with Gasteiger partial charge in [-0.25, -0.2) is 0 Å². The van der Waals surface area contributed by atoms with Crippen molar-refractivity contribution in [3.05, 3.63) is 20.8 Å². The van der Waals surface area contributed by atoms with Crippen molar-refractivity contribution in [3.63, 3.8) is 0 Å². The van der Waals surface area contributed by atoms with Crippen LogP contribution in [-0.4, -0.2) is 31.0 Å². The Kier molecular flexibility index (Phi) is 5.44. The van der Waals surface area contributed by atoms with Crippen LogP contribution in [0.3, 0.4) is 0 Å². The Morgan fingerprint density at radius 2 is 2.41 bits per heavy atom. The highest BCUT2D eigenvalue weighted by Gasteiger charge is 2.21. The molecule has 1 atom stereocenters. The van der Waals surface area contributed by atoms with E-state index in [0.717, 1.165) is 23.5 Å². The Morgan fingerprint density at radius 1 is 1.59 bits per heavy atom. The first-order valence-electron chi connectivity index (χ1n) is 5.94. The first-order chi connectivity index (χ1) is 8.25. The predicted octanol–water partition coefficient (Wildman–Crippen LogP) is 2.39. The summed E-state index contributed by atoms with van der Waals surface area (Å²) >= 11 is 5.19. The molecule has 0 radical (unpaired) electrons. The number of nitrogens with one attached hydrogen (secondary N) is 1. The molecule has 0 bridgehead atoms. The lowest BCUT2D eigenvalue weighted by Gasteiger charge is -2.11. The molecule has 0 saturated heterocycles. The Hall–Kier alpha value is 0.0600. The molecular weight excluding hydrogens is 302 g/mol. The fraction of sp³-hybridized carbons (Fsp3) is 0.667. The van der Waals surface area contributed by atoms with Gasteiger partial charge in [-0.1, -0.05) is 0 Å². The molecule has 1 heterocycles. The van der Waals surface area contributed by atoms with Crippen molar-refractivity contribution < 1.29 is 9.84 Å². The summed E-state index contributed by atoms with van der Waals surface area (Å²) in [6.07, 6.45) is 2.18. The molecule has 0 aliphatic heterocycles. The summed E-state index contributed by atoms with van der Waals surface area (Å²) in [7, 11) is 0. The van der Waals surface area contributed by atoms with Gasteiger partial charge in [0, 0.05) is 29.0 Å². The van der Waals surface area contributed by atoms with Crippen molar-refractivity contribution in [1.29, 1.82) is 0 Å². The van der Waals surface area contributed by atoms with E-state index in [1.807, 2.05) is 6.07 Å². The van der Waals surface area contributed by atoms with Gasteiger partial charge < -0.3 is 15.2 Å². The second kappa shape index (κ2) is 6.85. The highest BCUT2D eigenvalue weighted by molar-refractivity contribution is 9.10. The zero-order valence-electron chi connectivity index (χ0n) is 9.69. The molecule has 5 heteroatoms. The van der Waals surface area contributed by atoms with Gasteiger partial charge in [-0.05, 0) is 46.1 Å². The Morgan fingerprint density at radius 3 is 3.06 bits per heavy atom. The minimum absolute atomic E-state index is 0.410. The number of rotatable bonds is 8. The van der Waals surface area contributed by atoms with Gasteiger partial charge in [-0.3, -0.25) is 0 Å². The van der Waals surface area contributed by atoms with Crippen molar-refractivity contribution in [2.75, 3.05) is 19.8 Å². The van der Waals surface area contributed by atoms with Crippen molar-refractivity contribution in [2.24, 2.45) is 5.92 Å². The summed E-state index contributed by atoms with van der Waals surface area (Å²) in [5, 5.41) is 15.0. The quantitative estimate of drug-likeness (QED) is 0.773. The average Bonchev–Trinajstić information content (AvgIpc) is 3.03. The Labute approximate surface area is 114 Å². The molecule has 1 aliphatic carbocycles. The topological polar surface area (TPSA) is 41.5 Å². The van der Waals surface area contributed by atoms with Crippen LogP contribution in [0.15, 0.2) is 15.9 Å². The average molecular weight is 320 g/mol. The normalized spacial score (nSPS) is 17.3. The summed E-state index contributed by atoms with van der Waals surface area (Å²) in [5.74, 6) is 0.761. The van der Waals surface area contributed by atoms with Crippen LogP contribution in [0.5, 0.6) is 0 Å². The van der Waals surface area contributed by atoms with Gasteiger partial charge in [0.2, 0.25) is 0 Å². The SMILES string of the molecule is OC(CNCc1sccc1Br)COCC1CC1. The molecule has 0 aromatic carbocycles. The molecule has 0 spiro atoms. The lowest BCUT2D eigenvalue weighted by atomic mass is 10.3. The predicted molar refractivity (Wildman–Crippen MR) is 73.3 cm³/mol. The monoisotopic (exact) mass is 319 g/mol. The molecule has 0 amide bonds. The Bertz CT molecular complexity index is 341. The van der Waals surface area contributed by atoms with Crippen molar-refractivity contribution in [2.45, 2.75) is 25.5 Å². The minimum atomic E-state index is -0.410. The molecule has 96 valence electrons. The van der Waals surface area contributed by atoms with Crippen LogP contribution in [0, 0.1) is 5.92 Å². The van der Waals surface area contributed by atoms with Crippen LogP contribution in [-0.2, 0) is 11.3 Å². The molecule has 1 unspecified atom stereocenters. The maximum atomic E-state index is 9.68. The van der Waals surface area contributed by atoms with Crippen LogP contribution in [0.4, 0.5) is 0 Å². The molecule has 2 rings (SSSR count). The van der Waals surface area contributed by atoms with E-state index in [-0.39, 0.29) is 0 Å². The van der Waals surface area contributed by atoms with E-state index < -0.39 is 6.10 Å². The zero-order chi connectivity index (χ0) is 12.1. The molecule has 1 aromatic heterocycles.